The lowest BCUT2D eigenvalue weighted by molar-refractivity contribution is -0.114. The number of hydrogen-bond donors (Lipinski definition) is 3. The lowest BCUT2D eigenvalue weighted by Gasteiger charge is -2.13. The van der Waals surface area contributed by atoms with E-state index >= 15 is 0 Å². The average molecular weight is 385 g/mol. The smallest absolute Gasteiger partial charge is 0.337 e. The highest BCUT2D eigenvalue weighted by Gasteiger charge is 2.11. The number of benzene rings is 2. The van der Waals surface area contributed by atoms with Crippen molar-refractivity contribution in [3.05, 3.63) is 59.2 Å². The van der Waals surface area contributed by atoms with Crippen LogP contribution < -0.4 is 16.0 Å². The van der Waals surface area contributed by atoms with Crippen molar-refractivity contribution < 1.29 is 19.1 Å². The van der Waals surface area contributed by atoms with Gasteiger partial charge in [0.15, 0.2) is 5.11 Å². The molecule has 0 aliphatic carbocycles. The van der Waals surface area contributed by atoms with Crippen LogP contribution in [0.5, 0.6) is 0 Å². The molecule has 140 valence electrons. The molecule has 2 aromatic rings. The number of anilines is 2. The van der Waals surface area contributed by atoms with E-state index in [1.165, 1.54) is 38.3 Å². The topological polar surface area (TPSA) is 96.5 Å². The predicted molar refractivity (Wildman–Crippen MR) is 107 cm³/mol. The highest BCUT2D eigenvalue weighted by Crippen LogP contribution is 2.20. The lowest BCUT2D eigenvalue weighted by Crippen LogP contribution is -2.34. The summed E-state index contributed by atoms with van der Waals surface area (Å²) in [4.78, 5) is 34.9. The minimum Gasteiger partial charge on any atom is -0.465 e. The fourth-order valence-corrected chi connectivity index (χ4v) is 2.45. The molecule has 0 saturated heterocycles. The van der Waals surface area contributed by atoms with E-state index in [1.54, 1.807) is 12.1 Å². The SMILES string of the molecule is COC(=O)c1ccc(C(=O)NC(=S)Nc2ccc(C)c(NC(C)=O)c2)cc1. The van der Waals surface area contributed by atoms with Crippen molar-refractivity contribution >= 4 is 46.5 Å². The van der Waals surface area contributed by atoms with Gasteiger partial charge in [-0.1, -0.05) is 6.07 Å². The van der Waals surface area contributed by atoms with Crippen LogP contribution in [-0.4, -0.2) is 30.0 Å². The molecule has 0 fully saturated rings. The summed E-state index contributed by atoms with van der Waals surface area (Å²) in [7, 11) is 1.29. The molecule has 2 rings (SSSR count). The van der Waals surface area contributed by atoms with Gasteiger partial charge in [0.1, 0.15) is 0 Å². The van der Waals surface area contributed by atoms with E-state index < -0.39 is 11.9 Å². The predicted octanol–water partition coefficient (Wildman–Crippen LogP) is 2.87. The number of carbonyl (C=O) groups excluding carboxylic acids is 3. The van der Waals surface area contributed by atoms with E-state index in [-0.39, 0.29) is 11.0 Å². The van der Waals surface area contributed by atoms with Crippen molar-refractivity contribution in [1.82, 2.24) is 5.32 Å². The molecule has 0 aliphatic rings. The second-order valence-electron chi connectivity index (χ2n) is 5.69. The summed E-state index contributed by atoms with van der Waals surface area (Å²) in [5, 5.41) is 8.29. The van der Waals surface area contributed by atoms with Gasteiger partial charge in [-0.3, -0.25) is 14.9 Å². The van der Waals surface area contributed by atoms with Gasteiger partial charge < -0.3 is 15.4 Å². The van der Waals surface area contributed by atoms with Gasteiger partial charge in [0.05, 0.1) is 12.7 Å². The van der Waals surface area contributed by atoms with E-state index in [0.717, 1.165) is 5.56 Å². The molecule has 0 saturated carbocycles. The van der Waals surface area contributed by atoms with Crippen LogP contribution >= 0.6 is 12.2 Å². The monoisotopic (exact) mass is 385 g/mol. The lowest BCUT2D eigenvalue weighted by atomic mass is 10.1. The normalized spacial score (nSPS) is 9.89. The second-order valence-corrected chi connectivity index (χ2v) is 6.10. The molecule has 0 aromatic heterocycles. The Hall–Kier alpha value is -3.26. The van der Waals surface area contributed by atoms with Gasteiger partial charge in [0, 0.05) is 23.9 Å². The summed E-state index contributed by atoms with van der Waals surface area (Å²) < 4.78 is 4.61. The Balaban J connectivity index is 2.02. The summed E-state index contributed by atoms with van der Waals surface area (Å²) in [5.74, 6) is -1.08. The summed E-state index contributed by atoms with van der Waals surface area (Å²) in [5.41, 5.74) is 2.86. The number of esters is 1. The third-order valence-electron chi connectivity index (χ3n) is 3.60. The molecular weight excluding hydrogens is 366 g/mol. The first kappa shape index (κ1) is 20.1. The van der Waals surface area contributed by atoms with Crippen molar-refractivity contribution in [1.29, 1.82) is 0 Å². The number of thiocarbonyl (C=S) groups is 1. The number of rotatable bonds is 4. The summed E-state index contributed by atoms with van der Waals surface area (Å²) in [6.07, 6.45) is 0. The number of ether oxygens (including phenoxy) is 1. The Kier molecular flexibility index (Phi) is 6.62. The van der Waals surface area contributed by atoms with Gasteiger partial charge in [0.25, 0.3) is 5.91 Å². The van der Waals surface area contributed by atoms with Gasteiger partial charge in [0.2, 0.25) is 5.91 Å². The summed E-state index contributed by atoms with van der Waals surface area (Å²) in [6, 6.07) is 11.3. The first-order valence-corrected chi connectivity index (χ1v) is 8.40. The second kappa shape index (κ2) is 8.91. The van der Waals surface area contributed by atoms with Crippen molar-refractivity contribution in [2.75, 3.05) is 17.7 Å². The number of hydrogen-bond acceptors (Lipinski definition) is 5. The average Bonchev–Trinajstić information content (AvgIpc) is 2.63. The molecule has 0 spiro atoms. The van der Waals surface area contributed by atoms with Gasteiger partial charge in [-0.15, -0.1) is 0 Å². The third kappa shape index (κ3) is 5.61. The van der Waals surface area contributed by atoms with Crippen LogP contribution in [0.4, 0.5) is 11.4 Å². The van der Waals surface area contributed by atoms with Crippen LogP contribution in [0.2, 0.25) is 0 Å². The van der Waals surface area contributed by atoms with E-state index in [0.29, 0.717) is 22.5 Å². The quantitative estimate of drug-likeness (QED) is 0.553. The number of aryl methyl sites for hydroxylation is 1. The van der Waals surface area contributed by atoms with E-state index in [9.17, 15) is 14.4 Å². The fourth-order valence-electron chi connectivity index (χ4n) is 2.24. The maximum Gasteiger partial charge on any atom is 0.337 e. The van der Waals surface area contributed by atoms with Crippen molar-refractivity contribution in [2.24, 2.45) is 0 Å². The largest absolute Gasteiger partial charge is 0.465 e. The van der Waals surface area contributed by atoms with Crippen molar-refractivity contribution in [3.8, 4) is 0 Å². The van der Waals surface area contributed by atoms with E-state index in [2.05, 4.69) is 20.7 Å². The molecule has 2 aromatic carbocycles. The van der Waals surface area contributed by atoms with Crippen LogP contribution in [0.3, 0.4) is 0 Å². The molecule has 0 aliphatic heterocycles. The van der Waals surface area contributed by atoms with E-state index in [1.807, 2.05) is 13.0 Å². The minimum absolute atomic E-state index is 0.106. The molecule has 0 unspecified atom stereocenters. The Bertz CT molecular complexity index is 894. The Morgan fingerprint density at radius 3 is 2.19 bits per heavy atom. The summed E-state index contributed by atoms with van der Waals surface area (Å²) >= 11 is 5.16. The van der Waals surface area contributed by atoms with Crippen LogP contribution in [-0.2, 0) is 9.53 Å². The highest BCUT2D eigenvalue weighted by atomic mass is 32.1. The van der Waals surface area contributed by atoms with Gasteiger partial charge >= 0.3 is 5.97 Å². The standard InChI is InChI=1S/C19H19N3O4S/c1-11-4-9-15(10-16(11)20-12(2)23)21-19(27)22-17(24)13-5-7-14(8-6-13)18(25)26-3/h4-10H,1-3H3,(H,20,23)(H2,21,22,24,27). The molecular formula is C19H19N3O4S. The Labute approximate surface area is 162 Å². The molecule has 0 heterocycles. The zero-order valence-electron chi connectivity index (χ0n) is 15.1. The van der Waals surface area contributed by atoms with Crippen molar-refractivity contribution in [3.63, 3.8) is 0 Å². The van der Waals surface area contributed by atoms with Gasteiger partial charge in [-0.25, -0.2) is 4.79 Å². The maximum absolute atomic E-state index is 12.3. The zero-order chi connectivity index (χ0) is 20.0. The number of methoxy groups -OCH3 is 1. The molecule has 2 amide bonds. The van der Waals surface area contributed by atoms with Crippen molar-refractivity contribution in [2.45, 2.75) is 13.8 Å². The van der Waals surface area contributed by atoms with Gasteiger partial charge in [-0.05, 0) is 61.1 Å². The first-order chi connectivity index (χ1) is 12.8. The maximum atomic E-state index is 12.3. The zero-order valence-corrected chi connectivity index (χ0v) is 15.9. The molecule has 0 bridgehead atoms. The highest BCUT2D eigenvalue weighted by molar-refractivity contribution is 7.80. The molecule has 0 atom stereocenters. The van der Waals surface area contributed by atoms with E-state index in [4.69, 9.17) is 12.2 Å². The number of amides is 2. The third-order valence-corrected chi connectivity index (χ3v) is 3.81. The van der Waals surface area contributed by atoms with Gasteiger partial charge in [-0.2, -0.15) is 0 Å². The Morgan fingerprint density at radius 2 is 1.59 bits per heavy atom. The van der Waals surface area contributed by atoms with Crippen LogP contribution in [0.15, 0.2) is 42.5 Å². The molecule has 27 heavy (non-hydrogen) atoms. The van der Waals surface area contributed by atoms with Crippen LogP contribution in [0.1, 0.15) is 33.2 Å². The Morgan fingerprint density at radius 1 is 0.963 bits per heavy atom. The molecule has 3 N–H and O–H groups in total. The number of nitrogens with one attached hydrogen (secondary N) is 3. The minimum atomic E-state index is -0.478. The summed E-state index contributed by atoms with van der Waals surface area (Å²) in [6.45, 7) is 3.29. The molecule has 7 nitrogen and oxygen atoms in total. The number of carbonyl (C=O) groups is 3. The van der Waals surface area contributed by atoms with Crippen LogP contribution in [0, 0.1) is 6.92 Å². The molecule has 0 radical (unpaired) electrons. The first-order valence-electron chi connectivity index (χ1n) is 7.99. The fraction of sp³-hybridized carbons (Fsp3) is 0.158. The van der Waals surface area contributed by atoms with Crippen LogP contribution in [0.25, 0.3) is 0 Å². The molecule has 8 heteroatoms.